The molecule has 2 atom stereocenters. The molecule has 2 rings (SSSR count). The van der Waals surface area contributed by atoms with Crippen LogP contribution in [0, 0.1) is 0 Å². The van der Waals surface area contributed by atoms with Gasteiger partial charge in [0, 0.05) is 43.8 Å². The molecule has 0 aliphatic carbocycles. The van der Waals surface area contributed by atoms with Gasteiger partial charge in [-0.3, -0.25) is 9.80 Å². The summed E-state index contributed by atoms with van der Waals surface area (Å²) in [5, 5.41) is 0. The van der Waals surface area contributed by atoms with Crippen molar-refractivity contribution in [1.82, 2.24) is 9.80 Å². The van der Waals surface area contributed by atoms with Crippen molar-refractivity contribution in [2.24, 2.45) is 5.73 Å². The van der Waals surface area contributed by atoms with E-state index < -0.39 is 0 Å². The fourth-order valence-corrected chi connectivity index (χ4v) is 4.05. The summed E-state index contributed by atoms with van der Waals surface area (Å²) in [6.07, 6.45) is 2.79. The van der Waals surface area contributed by atoms with Crippen molar-refractivity contribution in [2.75, 3.05) is 32.7 Å². The molecule has 4 nitrogen and oxygen atoms in total. The first kappa shape index (κ1) is 16.2. The summed E-state index contributed by atoms with van der Waals surface area (Å²) in [5.74, 6) is 0. The highest BCUT2D eigenvalue weighted by Gasteiger charge is 2.43. The summed E-state index contributed by atoms with van der Waals surface area (Å²) in [5.41, 5.74) is 6.63. The molecule has 20 heavy (non-hydrogen) atoms. The fraction of sp³-hybridized carbons (Fsp3) is 1.00. The molecule has 0 aromatic carbocycles. The summed E-state index contributed by atoms with van der Waals surface area (Å²) in [6.45, 7) is 16.6. The lowest BCUT2D eigenvalue weighted by atomic mass is 9.82. The molecule has 2 N–H and O–H groups in total. The van der Waals surface area contributed by atoms with Gasteiger partial charge in [0.05, 0.1) is 12.2 Å². The topological polar surface area (TPSA) is 41.7 Å². The number of hydrogen-bond acceptors (Lipinski definition) is 4. The molecule has 2 heterocycles. The van der Waals surface area contributed by atoms with E-state index in [9.17, 15) is 0 Å². The highest BCUT2D eigenvalue weighted by atomic mass is 16.5. The minimum Gasteiger partial charge on any atom is -0.375 e. The van der Waals surface area contributed by atoms with Crippen LogP contribution in [0.25, 0.3) is 0 Å². The summed E-state index contributed by atoms with van der Waals surface area (Å²) < 4.78 is 5.92. The Morgan fingerprint density at radius 1 is 1.05 bits per heavy atom. The van der Waals surface area contributed by atoms with Gasteiger partial charge >= 0.3 is 0 Å². The minimum atomic E-state index is 0.154. The predicted octanol–water partition coefficient (Wildman–Crippen LogP) is 1.69. The molecule has 0 aromatic heterocycles. The van der Waals surface area contributed by atoms with E-state index in [0.29, 0.717) is 12.2 Å². The van der Waals surface area contributed by atoms with Crippen LogP contribution in [0.1, 0.15) is 47.5 Å². The molecule has 0 bridgehead atoms. The van der Waals surface area contributed by atoms with Crippen LogP contribution in [-0.4, -0.2) is 65.8 Å². The zero-order valence-corrected chi connectivity index (χ0v) is 14.0. The van der Waals surface area contributed by atoms with Gasteiger partial charge in [-0.05, 0) is 47.5 Å². The lowest BCUT2D eigenvalue weighted by Crippen LogP contribution is -2.65. The Kier molecular flexibility index (Phi) is 4.80. The molecule has 2 fully saturated rings. The van der Waals surface area contributed by atoms with Crippen molar-refractivity contribution in [1.29, 1.82) is 0 Å². The van der Waals surface area contributed by atoms with E-state index in [1.54, 1.807) is 0 Å². The largest absolute Gasteiger partial charge is 0.375 e. The maximum Gasteiger partial charge on any atom is 0.0568 e. The number of piperazine rings is 1. The van der Waals surface area contributed by atoms with Gasteiger partial charge in [-0.15, -0.1) is 0 Å². The van der Waals surface area contributed by atoms with Crippen molar-refractivity contribution in [2.45, 2.75) is 70.7 Å². The van der Waals surface area contributed by atoms with E-state index in [4.69, 9.17) is 10.5 Å². The molecular weight excluding hydrogens is 250 g/mol. The number of nitrogens with zero attached hydrogens (tertiary/aromatic N) is 2. The average Bonchev–Trinajstić information content (AvgIpc) is 2.36. The summed E-state index contributed by atoms with van der Waals surface area (Å²) in [6, 6.07) is 0. The van der Waals surface area contributed by atoms with Gasteiger partial charge in [0.1, 0.15) is 0 Å². The molecule has 0 amide bonds. The van der Waals surface area contributed by atoms with Crippen molar-refractivity contribution in [3.63, 3.8) is 0 Å². The molecule has 4 heteroatoms. The van der Waals surface area contributed by atoms with Gasteiger partial charge in [0.15, 0.2) is 0 Å². The van der Waals surface area contributed by atoms with Crippen LogP contribution in [0.15, 0.2) is 0 Å². The first-order valence-electron chi connectivity index (χ1n) is 8.12. The minimum absolute atomic E-state index is 0.154. The van der Waals surface area contributed by atoms with Gasteiger partial charge in [-0.25, -0.2) is 0 Å². The second kappa shape index (κ2) is 5.91. The number of nitrogens with two attached hydrogens (primary N) is 1. The fourth-order valence-electron chi connectivity index (χ4n) is 4.05. The molecular formula is C16H33N3O. The van der Waals surface area contributed by atoms with Gasteiger partial charge in [-0.1, -0.05) is 0 Å². The molecule has 2 saturated heterocycles. The molecule has 2 unspecified atom stereocenters. The third kappa shape index (κ3) is 3.35. The quantitative estimate of drug-likeness (QED) is 0.837. The highest BCUT2D eigenvalue weighted by Crippen LogP contribution is 2.34. The Morgan fingerprint density at radius 3 is 1.95 bits per heavy atom. The van der Waals surface area contributed by atoms with Gasteiger partial charge in [-0.2, -0.15) is 0 Å². The van der Waals surface area contributed by atoms with Crippen LogP contribution in [0.2, 0.25) is 0 Å². The number of ether oxygens (including phenoxy) is 1. The number of rotatable bonds is 2. The van der Waals surface area contributed by atoms with Crippen molar-refractivity contribution < 1.29 is 4.74 Å². The Hall–Kier alpha value is -0.160. The maximum atomic E-state index is 6.20. The van der Waals surface area contributed by atoms with Crippen molar-refractivity contribution in [3.05, 3.63) is 0 Å². The third-order valence-electron chi connectivity index (χ3n) is 5.08. The summed E-state index contributed by atoms with van der Waals surface area (Å²) in [4.78, 5) is 5.23. The zero-order valence-electron chi connectivity index (χ0n) is 14.0. The van der Waals surface area contributed by atoms with Crippen LogP contribution >= 0.6 is 0 Å². The maximum absolute atomic E-state index is 6.20. The monoisotopic (exact) mass is 283 g/mol. The first-order chi connectivity index (χ1) is 9.27. The average molecular weight is 283 g/mol. The molecule has 0 aromatic rings. The zero-order chi connectivity index (χ0) is 15.0. The second-order valence-corrected chi connectivity index (χ2v) is 7.74. The smallest absolute Gasteiger partial charge is 0.0568 e. The molecule has 0 saturated carbocycles. The molecule has 0 radical (unpaired) electrons. The first-order valence-corrected chi connectivity index (χ1v) is 8.12. The van der Waals surface area contributed by atoms with Crippen molar-refractivity contribution >= 4 is 0 Å². The van der Waals surface area contributed by atoms with E-state index in [2.05, 4.69) is 44.4 Å². The van der Waals surface area contributed by atoms with Crippen LogP contribution in [0.3, 0.4) is 0 Å². The standard InChI is InChI=1S/C16H33N3O/c1-13-10-16(12-17,11-14(2)20-13)19-8-6-18(7-9-19)15(3,4)5/h13-14H,6-12,17H2,1-5H3. The van der Waals surface area contributed by atoms with E-state index in [1.807, 2.05) is 0 Å². The summed E-state index contributed by atoms with van der Waals surface area (Å²) in [7, 11) is 0. The second-order valence-electron chi connectivity index (χ2n) is 7.74. The van der Waals surface area contributed by atoms with E-state index >= 15 is 0 Å². The van der Waals surface area contributed by atoms with Crippen LogP contribution in [-0.2, 0) is 4.74 Å². The normalized spacial score (nSPS) is 38.1. The third-order valence-corrected chi connectivity index (χ3v) is 5.08. The van der Waals surface area contributed by atoms with Gasteiger partial charge < -0.3 is 10.5 Å². The Balaban J connectivity index is 2.03. The van der Waals surface area contributed by atoms with Gasteiger partial charge in [0.25, 0.3) is 0 Å². The Bertz CT molecular complexity index is 308. The van der Waals surface area contributed by atoms with Gasteiger partial charge in [0.2, 0.25) is 0 Å². The molecule has 2 aliphatic heterocycles. The van der Waals surface area contributed by atoms with Crippen molar-refractivity contribution in [3.8, 4) is 0 Å². The van der Waals surface area contributed by atoms with Crippen LogP contribution < -0.4 is 5.73 Å². The predicted molar refractivity (Wildman–Crippen MR) is 83.9 cm³/mol. The molecule has 2 aliphatic rings. The van der Waals surface area contributed by atoms with E-state index in [-0.39, 0.29) is 11.1 Å². The SMILES string of the molecule is CC1CC(CN)(N2CCN(C(C)(C)C)CC2)CC(C)O1. The molecule has 0 spiro atoms. The summed E-state index contributed by atoms with van der Waals surface area (Å²) >= 11 is 0. The van der Waals surface area contributed by atoms with E-state index in [1.165, 1.54) is 0 Å². The Morgan fingerprint density at radius 2 is 1.55 bits per heavy atom. The molecule has 118 valence electrons. The van der Waals surface area contributed by atoms with E-state index in [0.717, 1.165) is 45.6 Å². The lowest BCUT2D eigenvalue weighted by molar-refractivity contribution is -0.114. The van der Waals surface area contributed by atoms with Crippen LogP contribution in [0.4, 0.5) is 0 Å². The van der Waals surface area contributed by atoms with Crippen LogP contribution in [0.5, 0.6) is 0 Å². The lowest BCUT2D eigenvalue weighted by Gasteiger charge is -2.53. The highest BCUT2D eigenvalue weighted by molar-refractivity contribution is 4.99. The Labute approximate surface area is 124 Å². The number of hydrogen-bond donors (Lipinski definition) is 1.